The lowest BCUT2D eigenvalue weighted by Crippen LogP contribution is -2.44. The minimum absolute atomic E-state index is 0. The van der Waals surface area contributed by atoms with Crippen molar-refractivity contribution in [2.75, 3.05) is 25.0 Å². The molecule has 6 nitrogen and oxygen atoms in total. The number of hydrogen-bond acceptors (Lipinski definition) is 5. The number of hydrogen-bond donors (Lipinski definition) is 2. The molecule has 1 aromatic carbocycles. The summed E-state index contributed by atoms with van der Waals surface area (Å²) in [5.41, 5.74) is 8.01. The van der Waals surface area contributed by atoms with Crippen LogP contribution in [0.15, 0.2) is 26.9 Å². The number of carbonyl (C=O) groups excluding carboxylic acids is 1. The molecule has 1 unspecified atom stereocenters. The van der Waals surface area contributed by atoms with E-state index in [0.717, 1.165) is 54.2 Å². The van der Waals surface area contributed by atoms with E-state index in [1.54, 1.807) is 0 Å². The summed E-state index contributed by atoms with van der Waals surface area (Å²) in [4.78, 5) is 14.6. The van der Waals surface area contributed by atoms with E-state index in [4.69, 9.17) is 5.73 Å². The normalized spacial score (nSPS) is 19.6. The Labute approximate surface area is 146 Å². The maximum Gasteiger partial charge on any atom is 0.238 e. The van der Waals surface area contributed by atoms with Crippen molar-refractivity contribution < 1.29 is 4.79 Å². The fraction of sp³-hybridized carbons (Fsp3) is 0.533. The first-order chi connectivity index (χ1) is 10.8. The molecule has 1 saturated heterocycles. The van der Waals surface area contributed by atoms with E-state index in [1.165, 1.54) is 6.42 Å². The van der Waals surface area contributed by atoms with Crippen LogP contribution in [0.5, 0.6) is 0 Å². The largest absolute Gasteiger partial charge is 0.330 e. The molecule has 3 rings (SSSR count). The van der Waals surface area contributed by atoms with E-state index in [9.17, 15) is 4.79 Å². The fourth-order valence-corrected chi connectivity index (χ4v) is 3.62. The fourth-order valence-electron chi connectivity index (χ4n) is 3.07. The van der Waals surface area contributed by atoms with Gasteiger partial charge < -0.3 is 11.1 Å². The number of piperidine rings is 1. The van der Waals surface area contributed by atoms with Crippen LogP contribution in [0.1, 0.15) is 25.7 Å². The van der Waals surface area contributed by atoms with Crippen LogP contribution in [0.25, 0.3) is 0 Å². The number of nitrogens with two attached hydrogens (primary N) is 1. The second-order valence-corrected chi connectivity index (χ2v) is 6.21. The zero-order chi connectivity index (χ0) is 15.4. The summed E-state index contributed by atoms with van der Waals surface area (Å²) in [7, 11) is 0. The van der Waals surface area contributed by atoms with Crippen molar-refractivity contribution in [1.29, 1.82) is 0 Å². The van der Waals surface area contributed by atoms with Crippen molar-refractivity contribution >= 4 is 46.7 Å². The van der Waals surface area contributed by atoms with E-state index < -0.39 is 0 Å². The number of rotatable bonds is 5. The maximum atomic E-state index is 12.4. The Balaban J connectivity index is 0.00000192. The molecule has 0 spiro atoms. The minimum atomic E-state index is 0. The molecule has 0 aliphatic carbocycles. The zero-order valence-electron chi connectivity index (χ0n) is 12.9. The molecule has 1 aromatic rings. The summed E-state index contributed by atoms with van der Waals surface area (Å²) in [6.45, 7) is 2.06. The second kappa shape index (κ2) is 8.54. The standard InChI is InChI=1S/C15H21N5OS.ClH/c16-8-7-11-4-1-2-9-20(11)10-14(21)17-12-5-3-6-13-15(12)19-22-18-13;/h3,5-6,11H,1-2,4,7-10,16H2,(H,17,21);1H. The van der Waals surface area contributed by atoms with Gasteiger partial charge in [0.1, 0.15) is 11.4 Å². The van der Waals surface area contributed by atoms with Crippen LogP contribution in [0.2, 0.25) is 0 Å². The number of anilines is 1. The van der Waals surface area contributed by atoms with Crippen LogP contribution < -0.4 is 11.1 Å². The molecule has 23 heavy (non-hydrogen) atoms. The lowest BCUT2D eigenvalue weighted by atomic mass is 9.99. The van der Waals surface area contributed by atoms with Crippen molar-refractivity contribution in [3.8, 4) is 0 Å². The van der Waals surface area contributed by atoms with Crippen molar-refractivity contribution in [3.05, 3.63) is 18.2 Å². The van der Waals surface area contributed by atoms with Gasteiger partial charge >= 0.3 is 0 Å². The number of likely N-dealkylation sites (tertiary alicyclic amines) is 1. The highest BCUT2D eigenvalue weighted by molar-refractivity contribution is 7.58. The molecule has 0 saturated carbocycles. The van der Waals surface area contributed by atoms with Gasteiger partial charge in [-0.15, -0.1) is 12.4 Å². The molecular weight excluding hydrogens is 334 g/mol. The highest BCUT2D eigenvalue weighted by atomic mass is 35.5. The molecule has 1 fully saturated rings. The van der Waals surface area contributed by atoms with Gasteiger partial charge in [-0.1, -0.05) is 12.5 Å². The lowest BCUT2D eigenvalue weighted by molar-refractivity contribution is -0.118. The molecule has 2 heterocycles. The molecule has 3 N–H and O–H groups in total. The van der Waals surface area contributed by atoms with Gasteiger partial charge in [0.05, 0.1) is 23.6 Å². The van der Waals surface area contributed by atoms with E-state index in [-0.39, 0.29) is 18.3 Å². The number of halogens is 1. The third-order valence-corrected chi connectivity index (χ3v) is 4.70. The SMILES string of the molecule is Cl.NCCC1CCCCN1CC(=O)Nc1cccc2c1N=S=N2. The molecule has 1 amide bonds. The summed E-state index contributed by atoms with van der Waals surface area (Å²) in [6, 6.07) is 6.09. The van der Waals surface area contributed by atoms with Gasteiger partial charge in [0.25, 0.3) is 0 Å². The van der Waals surface area contributed by atoms with Gasteiger partial charge in [-0.3, -0.25) is 9.69 Å². The van der Waals surface area contributed by atoms with Gasteiger partial charge in [0, 0.05) is 6.04 Å². The van der Waals surface area contributed by atoms with Gasteiger partial charge in [0.15, 0.2) is 0 Å². The van der Waals surface area contributed by atoms with E-state index in [1.807, 2.05) is 18.2 Å². The van der Waals surface area contributed by atoms with Crippen molar-refractivity contribution in [2.24, 2.45) is 14.5 Å². The van der Waals surface area contributed by atoms with Gasteiger partial charge in [-0.25, -0.2) is 0 Å². The van der Waals surface area contributed by atoms with Crippen LogP contribution in [0.3, 0.4) is 0 Å². The Morgan fingerprint density at radius 2 is 2.26 bits per heavy atom. The first kappa shape index (κ1) is 18.1. The predicted octanol–water partition coefficient (Wildman–Crippen LogP) is 2.98. The summed E-state index contributed by atoms with van der Waals surface area (Å²) in [5.74, 6) is 0.00409. The monoisotopic (exact) mass is 355 g/mol. The van der Waals surface area contributed by atoms with Crippen LogP contribution >= 0.6 is 12.4 Å². The third kappa shape index (κ3) is 4.38. The first-order valence-corrected chi connectivity index (χ1v) is 8.46. The summed E-state index contributed by atoms with van der Waals surface area (Å²) >= 11 is 1.16. The van der Waals surface area contributed by atoms with Crippen molar-refractivity contribution in [3.63, 3.8) is 0 Å². The highest BCUT2D eigenvalue weighted by Crippen LogP contribution is 2.38. The van der Waals surface area contributed by atoms with Crippen molar-refractivity contribution in [2.45, 2.75) is 31.7 Å². The number of carbonyl (C=O) groups is 1. The number of fused-ring (bicyclic) bond motifs is 1. The smallest absolute Gasteiger partial charge is 0.238 e. The van der Waals surface area contributed by atoms with E-state index >= 15 is 0 Å². The zero-order valence-corrected chi connectivity index (χ0v) is 14.5. The lowest BCUT2D eigenvalue weighted by Gasteiger charge is -2.35. The summed E-state index contributed by atoms with van der Waals surface area (Å²) < 4.78 is 8.44. The molecule has 126 valence electrons. The van der Waals surface area contributed by atoms with Crippen LogP contribution in [-0.4, -0.2) is 36.5 Å². The topological polar surface area (TPSA) is 83.1 Å². The number of benzene rings is 1. The van der Waals surface area contributed by atoms with Gasteiger partial charge in [-0.2, -0.15) is 8.73 Å². The highest BCUT2D eigenvalue weighted by Gasteiger charge is 2.24. The average molecular weight is 356 g/mol. The Hall–Kier alpha value is -1.28. The van der Waals surface area contributed by atoms with Gasteiger partial charge in [0.2, 0.25) is 5.91 Å². The molecule has 0 radical (unpaired) electrons. The molecule has 8 heteroatoms. The second-order valence-electron chi connectivity index (χ2n) is 5.68. The van der Waals surface area contributed by atoms with Gasteiger partial charge in [-0.05, 0) is 44.5 Å². The number of amides is 1. The minimum Gasteiger partial charge on any atom is -0.330 e. The predicted molar refractivity (Wildman–Crippen MR) is 96.7 cm³/mol. The molecule has 0 bridgehead atoms. The van der Waals surface area contributed by atoms with Crippen LogP contribution in [0.4, 0.5) is 17.1 Å². The number of nitrogens with zero attached hydrogens (tertiary/aromatic N) is 3. The summed E-state index contributed by atoms with van der Waals surface area (Å²) in [5, 5.41) is 2.97. The van der Waals surface area contributed by atoms with E-state index in [0.29, 0.717) is 19.1 Å². The Kier molecular flexibility index (Phi) is 6.71. The van der Waals surface area contributed by atoms with E-state index in [2.05, 4.69) is 18.9 Å². The average Bonchev–Trinajstić information content (AvgIpc) is 2.99. The Bertz CT molecular complexity index is 630. The maximum absolute atomic E-state index is 12.4. The quantitative estimate of drug-likeness (QED) is 0.864. The Morgan fingerprint density at radius 3 is 3.09 bits per heavy atom. The van der Waals surface area contributed by atoms with Crippen molar-refractivity contribution in [1.82, 2.24) is 4.90 Å². The third-order valence-electron chi connectivity index (χ3n) is 4.16. The Morgan fingerprint density at radius 1 is 1.39 bits per heavy atom. The summed E-state index contributed by atoms with van der Waals surface area (Å²) in [6.07, 6.45) is 4.47. The molecule has 2 aliphatic heterocycles. The molecule has 0 aromatic heterocycles. The van der Waals surface area contributed by atoms with Crippen LogP contribution in [-0.2, 0) is 16.1 Å². The molecule has 1 atom stereocenters. The number of nitrogens with one attached hydrogen (secondary N) is 1. The molecule has 2 aliphatic rings. The van der Waals surface area contributed by atoms with Crippen LogP contribution in [0, 0.1) is 0 Å². The molecular formula is C15H22ClN5OS. The first-order valence-electron chi connectivity index (χ1n) is 7.73.